The Morgan fingerprint density at radius 3 is 2.69 bits per heavy atom. The molecule has 1 saturated heterocycles. The highest BCUT2D eigenvalue weighted by Crippen LogP contribution is 2.14. The van der Waals surface area contributed by atoms with Gasteiger partial charge in [-0.2, -0.15) is 0 Å². The summed E-state index contributed by atoms with van der Waals surface area (Å²) in [5.41, 5.74) is 4.42. The number of aromatic carboxylic acids is 1. The largest absolute Gasteiger partial charge is 0.478 e. The minimum atomic E-state index is -0.887. The smallest absolute Gasteiger partial charge is 0.335 e. The zero-order valence-corrected chi connectivity index (χ0v) is 9.15. The first-order chi connectivity index (χ1) is 7.75. The number of nitrogens with one attached hydrogen (secondary N) is 1. The van der Waals surface area contributed by atoms with E-state index in [1.165, 1.54) is 19.3 Å². The van der Waals surface area contributed by atoms with Gasteiger partial charge in [-0.05, 0) is 31.0 Å². The van der Waals surface area contributed by atoms with Crippen LogP contribution < -0.4 is 5.43 Å². The van der Waals surface area contributed by atoms with Gasteiger partial charge in [0.15, 0.2) is 0 Å². The standard InChI is InChI=1S/C12H16N2O2/c15-12(16)10-5-4-6-11(9-10)13-14-7-2-1-3-8-14/h4-6,9,13H,1-3,7-8H2,(H,15,16). The van der Waals surface area contributed by atoms with Crippen LogP contribution in [-0.2, 0) is 0 Å². The first-order valence-corrected chi connectivity index (χ1v) is 5.61. The summed E-state index contributed by atoms with van der Waals surface area (Å²) in [4.78, 5) is 10.8. The van der Waals surface area contributed by atoms with Crippen molar-refractivity contribution in [1.29, 1.82) is 0 Å². The third kappa shape index (κ3) is 2.73. The predicted molar refractivity (Wildman–Crippen MR) is 62.4 cm³/mol. The van der Waals surface area contributed by atoms with Crippen molar-refractivity contribution >= 4 is 11.7 Å². The van der Waals surface area contributed by atoms with Gasteiger partial charge in [-0.3, -0.25) is 0 Å². The SMILES string of the molecule is O=C(O)c1cccc(NN2CCCCC2)c1. The second-order valence-electron chi connectivity index (χ2n) is 4.05. The summed E-state index contributed by atoms with van der Waals surface area (Å²) in [6, 6.07) is 6.91. The Bertz CT molecular complexity index is 373. The van der Waals surface area contributed by atoms with E-state index in [2.05, 4.69) is 10.4 Å². The van der Waals surface area contributed by atoms with Gasteiger partial charge in [0.2, 0.25) is 0 Å². The van der Waals surface area contributed by atoms with Gasteiger partial charge in [0.05, 0.1) is 5.56 Å². The van der Waals surface area contributed by atoms with E-state index in [0.29, 0.717) is 5.56 Å². The van der Waals surface area contributed by atoms with Crippen molar-refractivity contribution in [2.75, 3.05) is 18.5 Å². The molecular weight excluding hydrogens is 204 g/mol. The monoisotopic (exact) mass is 220 g/mol. The maximum absolute atomic E-state index is 10.8. The molecule has 16 heavy (non-hydrogen) atoms. The van der Waals surface area contributed by atoms with Crippen LogP contribution in [0, 0.1) is 0 Å². The number of hydrogen-bond donors (Lipinski definition) is 2. The molecule has 1 heterocycles. The van der Waals surface area contributed by atoms with Crippen molar-refractivity contribution in [2.45, 2.75) is 19.3 Å². The van der Waals surface area contributed by atoms with Gasteiger partial charge in [0.1, 0.15) is 0 Å². The van der Waals surface area contributed by atoms with E-state index in [1.54, 1.807) is 18.2 Å². The highest BCUT2D eigenvalue weighted by molar-refractivity contribution is 5.88. The van der Waals surface area contributed by atoms with E-state index in [-0.39, 0.29) is 0 Å². The van der Waals surface area contributed by atoms with Crippen LogP contribution in [0.2, 0.25) is 0 Å². The normalized spacial score (nSPS) is 17.0. The Labute approximate surface area is 94.9 Å². The lowest BCUT2D eigenvalue weighted by Crippen LogP contribution is -2.34. The Morgan fingerprint density at radius 2 is 2.00 bits per heavy atom. The fourth-order valence-corrected chi connectivity index (χ4v) is 1.91. The topological polar surface area (TPSA) is 52.6 Å². The van der Waals surface area contributed by atoms with Crippen molar-refractivity contribution in [3.8, 4) is 0 Å². The van der Waals surface area contributed by atoms with E-state index < -0.39 is 5.97 Å². The molecule has 0 radical (unpaired) electrons. The minimum Gasteiger partial charge on any atom is -0.478 e. The molecule has 0 saturated carbocycles. The molecule has 0 spiro atoms. The van der Waals surface area contributed by atoms with Crippen molar-refractivity contribution in [3.05, 3.63) is 29.8 Å². The minimum absolute atomic E-state index is 0.321. The molecule has 4 heteroatoms. The highest BCUT2D eigenvalue weighted by atomic mass is 16.4. The maximum Gasteiger partial charge on any atom is 0.335 e. The lowest BCUT2D eigenvalue weighted by atomic mass is 10.1. The van der Waals surface area contributed by atoms with E-state index in [4.69, 9.17) is 5.11 Å². The molecule has 2 rings (SSSR count). The maximum atomic E-state index is 10.8. The summed E-state index contributed by atoms with van der Waals surface area (Å²) in [5.74, 6) is -0.887. The molecule has 2 N–H and O–H groups in total. The highest BCUT2D eigenvalue weighted by Gasteiger charge is 2.10. The van der Waals surface area contributed by atoms with Gasteiger partial charge >= 0.3 is 5.97 Å². The second kappa shape index (κ2) is 4.99. The van der Waals surface area contributed by atoms with Gasteiger partial charge < -0.3 is 10.5 Å². The number of carboxylic acid groups (broad SMARTS) is 1. The molecule has 1 aromatic rings. The summed E-state index contributed by atoms with van der Waals surface area (Å²) in [6.07, 6.45) is 3.69. The number of hydrogen-bond acceptors (Lipinski definition) is 3. The number of carbonyl (C=O) groups is 1. The molecule has 0 atom stereocenters. The lowest BCUT2D eigenvalue weighted by molar-refractivity contribution is 0.0697. The van der Waals surface area contributed by atoms with Crippen LogP contribution in [0.5, 0.6) is 0 Å². The zero-order valence-electron chi connectivity index (χ0n) is 9.15. The average molecular weight is 220 g/mol. The number of piperidine rings is 1. The van der Waals surface area contributed by atoms with Gasteiger partial charge in [0, 0.05) is 18.8 Å². The Hall–Kier alpha value is -1.55. The number of benzene rings is 1. The average Bonchev–Trinajstić information content (AvgIpc) is 2.30. The van der Waals surface area contributed by atoms with Gasteiger partial charge in [-0.15, -0.1) is 0 Å². The number of anilines is 1. The van der Waals surface area contributed by atoms with Crippen molar-refractivity contribution in [3.63, 3.8) is 0 Å². The Balaban J connectivity index is 2.02. The summed E-state index contributed by atoms with van der Waals surface area (Å²) in [7, 11) is 0. The molecule has 86 valence electrons. The van der Waals surface area contributed by atoms with Crippen LogP contribution in [0.4, 0.5) is 5.69 Å². The predicted octanol–water partition coefficient (Wildman–Crippen LogP) is 2.20. The molecular formula is C12H16N2O2. The molecule has 0 aromatic heterocycles. The number of carboxylic acids is 1. The number of nitrogens with zero attached hydrogens (tertiary/aromatic N) is 1. The lowest BCUT2D eigenvalue weighted by Gasteiger charge is -2.27. The molecule has 0 bridgehead atoms. The van der Waals surface area contributed by atoms with E-state index in [9.17, 15) is 4.79 Å². The molecule has 1 aliphatic heterocycles. The second-order valence-corrected chi connectivity index (χ2v) is 4.05. The van der Waals surface area contributed by atoms with Crippen LogP contribution in [0.15, 0.2) is 24.3 Å². The van der Waals surface area contributed by atoms with E-state index in [0.717, 1.165) is 18.8 Å². The molecule has 0 unspecified atom stereocenters. The molecule has 1 aliphatic rings. The summed E-state index contributed by atoms with van der Waals surface area (Å²) < 4.78 is 0. The summed E-state index contributed by atoms with van der Waals surface area (Å²) in [6.45, 7) is 2.05. The number of hydrazine groups is 1. The zero-order chi connectivity index (χ0) is 11.4. The van der Waals surface area contributed by atoms with Crippen LogP contribution in [0.1, 0.15) is 29.6 Å². The van der Waals surface area contributed by atoms with Crippen molar-refractivity contribution in [2.24, 2.45) is 0 Å². The van der Waals surface area contributed by atoms with Crippen molar-refractivity contribution < 1.29 is 9.90 Å². The summed E-state index contributed by atoms with van der Waals surface area (Å²) in [5, 5.41) is 11.0. The quantitative estimate of drug-likeness (QED) is 0.820. The van der Waals surface area contributed by atoms with Gasteiger partial charge in [-0.1, -0.05) is 12.5 Å². The molecule has 4 nitrogen and oxygen atoms in total. The van der Waals surface area contributed by atoms with Crippen LogP contribution in [0.25, 0.3) is 0 Å². The molecule has 0 amide bonds. The third-order valence-corrected chi connectivity index (χ3v) is 2.75. The van der Waals surface area contributed by atoms with Crippen LogP contribution >= 0.6 is 0 Å². The van der Waals surface area contributed by atoms with Gasteiger partial charge in [0.25, 0.3) is 0 Å². The van der Waals surface area contributed by atoms with Gasteiger partial charge in [-0.25, -0.2) is 9.80 Å². The Morgan fingerprint density at radius 1 is 1.25 bits per heavy atom. The molecule has 1 fully saturated rings. The Kier molecular flexibility index (Phi) is 3.41. The van der Waals surface area contributed by atoms with E-state index in [1.807, 2.05) is 6.07 Å². The summed E-state index contributed by atoms with van der Waals surface area (Å²) >= 11 is 0. The first-order valence-electron chi connectivity index (χ1n) is 5.61. The first kappa shape index (κ1) is 11.0. The van der Waals surface area contributed by atoms with Crippen molar-refractivity contribution in [1.82, 2.24) is 5.01 Å². The fourth-order valence-electron chi connectivity index (χ4n) is 1.91. The van der Waals surface area contributed by atoms with E-state index >= 15 is 0 Å². The third-order valence-electron chi connectivity index (χ3n) is 2.75. The molecule has 0 aliphatic carbocycles. The number of rotatable bonds is 3. The fraction of sp³-hybridized carbons (Fsp3) is 0.417. The van der Waals surface area contributed by atoms with Crippen LogP contribution in [0.3, 0.4) is 0 Å². The van der Waals surface area contributed by atoms with Crippen LogP contribution in [-0.4, -0.2) is 29.2 Å². The molecule has 1 aromatic carbocycles.